The number of benzene rings is 1. The highest BCUT2D eigenvalue weighted by Gasteiger charge is 2.18. The van der Waals surface area contributed by atoms with E-state index in [0.29, 0.717) is 18.5 Å². The molecule has 0 saturated carbocycles. The second kappa shape index (κ2) is 6.35. The standard InChI is InChI=1S/C13H19FN2O/c1-3-16-13(17)11(8-15)7-10-6-9(2)4-5-12(10)14/h4-6,11H,3,7-8,15H2,1-2H3,(H,16,17). The molecule has 4 heteroatoms. The number of carbonyl (C=O) groups excluding carboxylic acids is 1. The van der Waals surface area contributed by atoms with Gasteiger partial charge in [-0.15, -0.1) is 0 Å². The van der Waals surface area contributed by atoms with Crippen LogP contribution in [0.25, 0.3) is 0 Å². The van der Waals surface area contributed by atoms with Crippen LogP contribution in [0.3, 0.4) is 0 Å². The van der Waals surface area contributed by atoms with Gasteiger partial charge < -0.3 is 11.1 Å². The van der Waals surface area contributed by atoms with E-state index >= 15 is 0 Å². The average molecular weight is 238 g/mol. The minimum atomic E-state index is -0.369. The molecule has 0 fully saturated rings. The topological polar surface area (TPSA) is 55.1 Å². The molecule has 0 heterocycles. The van der Waals surface area contributed by atoms with Crippen molar-refractivity contribution in [1.29, 1.82) is 0 Å². The lowest BCUT2D eigenvalue weighted by atomic mass is 9.97. The molecule has 0 saturated heterocycles. The van der Waals surface area contributed by atoms with E-state index in [-0.39, 0.29) is 24.2 Å². The Balaban J connectivity index is 2.80. The Morgan fingerprint density at radius 2 is 2.24 bits per heavy atom. The van der Waals surface area contributed by atoms with Crippen LogP contribution in [0.2, 0.25) is 0 Å². The molecule has 3 nitrogen and oxygen atoms in total. The van der Waals surface area contributed by atoms with Crippen LogP contribution in [-0.4, -0.2) is 19.0 Å². The Morgan fingerprint density at radius 3 is 2.82 bits per heavy atom. The molecular weight excluding hydrogens is 219 g/mol. The molecule has 0 spiro atoms. The van der Waals surface area contributed by atoms with Gasteiger partial charge in [0, 0.05) is 13.1 Å². The van der Waals surface area contributed by atoms with Gasteiger partial charge in [0.1, 0.15) is 5.82 Å². The monoisotopic (exact) mass is 238 g/mol. The fourth-order valence-electron chi connectivity index (χ4n) is 1.73. The largest absolute Gasteiger partial charge is 0.356 e. The average Bonchev–Trinajstić information content (AvgIpc) is 2.30. The van der Waals surface area contributed by atoms with E-state index in [1.165, 1.54) is 6.07 Å². The smallest absolute Gasteiger partial charge is 0.224 e. The third-order valence-electron chi connectivity index (χ3n) is 2.67. The number of hydrogen-bond acceptors (Lipinski definition) is 2. The van der Waals surface area contributed by atoms with E-state index in [1.807, 2.05) is 13.8 Å². The summed E-state index contributed by atoms with van der Waals surface area (Å²) in [5.41, 5.74) is 7.08. The summed E-state index contributed by atoms with van der Waals surface area (Å²) in [5, 5.41) is 2.71. The lowest BCUT2D eigenvalue weighted by molar-refractivity contribution is -0.124. The van der Waals surface area contributed by atoms with Crippen LogP contribution in [0.15, 0.2) is 18.2 Å². The van der Waals surface area contributed by atoms with Crippen LogP contribution >= 0.6 is 0 Å². The molecule has 1 amide bonds. The summed E-state index contributed by atoms with van der Waals surface area (Å²) < 4.78 is 13.5. The third kappa shape index (κ3) is 3.82. The quantitative estimate of drug-likeness (QED) is 0.814. The van der Waals surface area contributed by atoms with E-state index in [9.17, 15) is 9.18 Å². The second-order valence-electron chi connectivity index (χ2n) is 4.13. The van der Waals surface area contributed by atoms with E-state index < -0.39 is 0 Å². The van der Waals surface area contributed by atoms with Gasteiger partial charge in [0.15, 0.2) is 0 Å². The molecular formula is C13H19FN2O. The first-order chi connectivity index (χ1) is 8.08. The Hall–Kier alpha value is -1.42. The zero-order valence-corrected chi connectivity index (χ0v) is 10.3. The molecule has 1 unspecified atom stereocenters. The summed E-state index contributed by atoms with van der Waals surface area (Å²) in [4.78, 5) is 11.7. The molecule has 1 rings (SSSR count). The number of rotatable bonds is 5. The van der Waals surface area contributed by atoms with Crippen LogP contribution in [0.5, 0.6) is 0 Å². The van der Waals surface area contributed by atoms with Crippen LogP contribution in [0, 0.1) is 18.7 Å². The predicted octanol–water partition coefficient (Wildman–Crippen LogP) is 1.39. The lowest BCUT2D eigenvalue weighted by Crippen LogP contribution is -2.36. The highest BCUT2D eigenvalue weighted by molar-refractivity contribution is 5.79. The molecule has 0 aliphatic carbocycles. The van der Waals surface area contributed by atoms with Gasteiger partial charge >= 0.3 is 0 Å². The highest BCUT2D eigenvalue weighted by atomic mass is 19.1. The van der Waals surface area contributed by atoms with Crippen LogP contribution in [-0.2, 0) is 11.2 Å². The molecule has 0 radical (unpaired) electrons. The van der Waals surface area contributed by atoms with E-state index in [2.05, 4.69) is 5.32 Å². The maximum absolute atomic E-state index is 13.5. The van der Waals surface area contributed by atoms with Crippen LogP contribution < -0.4 is 11.1 Å². The number of hydrogen-bond donors (Lipinski definition) is 2. The Labute approximate surface area is 101 Å². The van der Waals surface area contributed by atoms with Gasteiger partial charge in [-0.3, -0.25) is 4.79 Å². The van der Waals surface area contributed by atoms with Gasteiger partial charge in [0.25, 0.3) is 0 Å². The molecule has 3 N–H and O–H groups in total. The van der Waals surface area contributed by atoms with E-state index in [1.54, 1.807) is 12.1 Å². The molecule has 1 atom stereocenters. The summed E-state index contributed by atoms with van der Waals surface area (Å²) >= 11 is 0. The summed E-state index contributed by atoms with van der Waals surface area (Å²) in [6.07, 6.45) is 0.343. The maximum Gasteiger partial charge on any atom is 0.224 e. The second-order valence-corrected chi connectivity index (χ2v) is 4.13. The number of nitrogens with one attached hydrogen (secondary N) is 1. The fraction of sp³-hybridized carbons (Fsp3) is 0.462. The van der Waals surface area contributed by atoms with E-state index in [4.69, 9.17) is 5.73 Å². The van der Waals surface area contributed by atoms with Crippen molar-refractivity contribution in [2.45, 2.75) is 20.3 Å². The Bertz CT molecular complexity index is 393. The van der Waals surface area contributed by atoms with Gasteiger partial charge in [-0.2, -0.15) is 0 Å². The van der Waals surface area contributed by atoms with Gasteiger partial charge in [-0.05, 0) is 31.9 Å². The van der Waals surface area contributed by atoms with Gasteiger partial charge in [0.05, 0.1) is 5.92 Å². The number of aryl methyl sites for hydroxylation is 1. The maximum atomic E-state index is 13.5. The highest BCUT2D eigenvalue weighted by Crippen LogP contribution is 2.14. The van der Waals surface area contributed by atoms with Gasteiger partial charge in [-0.1, -0.05) is 17.7 Å². The molecule has 1 aromatic rings. The summed E-state index contributed by atoms with van der Waals surface area (Å²) in [5.74, 6) is -0.763. The summed E-state index contributed by atoms with van der Waals surface area (Å²) in [6.45, 7) is 4.52. The molecule has 0 aliphatic heterocycles. The molecule has 94 valence electrons. The van der Waals surface area contributed by atoms with Crippen LogP contribution in [0.4, 0.5) is 4.39 Å². The zero-order valence-electron chi connectivity index (χ0n) is 10.3. The number of nitrogens with two attached hydrogens (primary N) is 1. The normalized spacial score (nSPS) is 12.2. The third-order valence-corrected chi connectivity index (χ3v) is 2.67. The first-order valence-electron chi connectivity index (χ1n) is 5.81. The fourth-order valence-corrected chi connectivity index (χ4v) is 1.73. The Kier molecular flexibility index (Phi) is 5.10. The van der Waals surface area contributed by atoms with Crippen molar-refractivity contribution in [2.75, 3.05) is 13.1 Å². The van der Waals surface area contributed by atoms with Crippen molar-refractivity contribution in [3.63, 3.8) is 0 Å². The first-order valence-corrected chi connectivity index (χ1v) is 5.81. The van der Waals surface area contributed by atoms with Gasteiger partial charge in [-0.25, -0.2) is 4.39 Å². The molecule has 0 aromatic heterocycles. The lowest BCUT2D eigenvalue weighted by Gasteiger charge is -2.15. The van der Waals surface area contributed by atoms with Crippen molar-refractivity contribution in [3.8, 4) is 0 Å². The molecule has 0 bridgehead atoms. The van der Waals surface area contributed by atoms with Crippen molar-refractivity contribution in [3.05, 3.63) is 35.1 Å². The van der Waals surface area contributed by atoms with Crippen molar-refractivity contribution < 1.29 is 9.18 Å². The summed E-state index contributed by atoms with van der Waals surface area (Å²) in [7, 11) is 0. The predicted molar refractivity (Wildman–Crippen MR) is 66.1 cm³/mol. The first kappa shape index (κ1) is 13.6. The van der Waals surface area contributed by atoms with Crippen molar-refractivity contribution >= 4 is 5.91 Å². The van der Waals surface area contributed by atoms with Crippen molar-refractivity contribution in [1.82, 2.24) is 5.32 Å². The van der Waals surface area contributed by atoms with Crippen LogP contribution in [0.1, 0.15) is 18.1 Å². The SMILES string of the molecule is CCNC(=O)C(CN)Cc1cc(C)ccc1F. The minimum absolute atomic E-state index is 0.115. The van der Waals surface area contributed by atoms with E-state index in [0.717, 1.165) is 5.56 Å². The molecule has 0 aliphatic rings. The minimum Gasteiger partial charge on any atom is -0.356 e. The molecule has 17 heavy (non-hydrogen) atoms. The number of carbonyl (C=O) groups is 1. The number of halogens is 1. The van der Waals surface area contributed by atoms with Crippen molar-refractivity contribution in [2.24, 2.45) is 11.7 Å². The Morgan fingerprint density at radius 1 is 1.53 bits per heavy atom. The zero-order chi connectivity index (χ0) is 12.8. The summed E-state index contributed by atoms with van der Waals surface area (Å²) in [6, 6.07) is 4.90. The van der Waals surface area contributed by atoms with Gasteiger partial charge in [0.2, 0.25) is 5.91 Å². The molecule has 1 aromatic carbocycles. The number of amides is 1.